The van der Waals surface area contributed by atoms with Crippen molar-refractivity contribution in [2.75, 3.05) is 12.4 Å². The standard InChI is InChI=1S/C24H20BrN3O5S3/c1-2-32-20-13-16(12-18(25)23(20)33-36(30,31)17-8-4-3-5-9-17)14-26-28-22(29)15-34-24-27-19-10-6-7-11-21(19)35-24/h3-14H,2,15H2,1H3,(H,28,29)/b26-14-. The molecule has 0 aliphatic rings. The fourth-order valence-corrected chi connectivity index (χ4v) is 6.49. The second-order valence-electron chi connectivity index (χ2n) is 7.14. The minimum atomic E-state index is -4.06. The zero-order chi connectivity index (χ0) is 25.5. The Balaban J connectivity index is 1.41. The second kappa shape index (κ2) is 11.9. The van der Waals surface area contributed by atoms with Crippen LogP contribution in [0.5, 0.6) is 11.5 Å². The Labute approximate surface area is 225 Å². The number of carbonyl (C=O) groups is 1. The highest BCUT2D eigenvalue weighted by Crippen LogP contribution is 2.38. The molecule has 36 heavy (non-hydrogen) atoms. The molecule has 0 fully saturated rings. The van der Waals surface area contributed by atoms with Crippen molar-refractivity contribution in [1.82, 2.24) is 10.4 Å². The van der Waals surface area contributed by atoms with Crippen molar-refractivity contribution in [3.05, 3.63) is 76.8 Å². The minimum absolute atomic E-state index is 0.0223. The Bertz CT molecular complexity index is 1480. The van der Waals surface area contributed by atoms with Crippen LogP contribution in [0.25, 0.3) is 10.2 Å². The molecule has 0 spiro atoms. The third kappa shape index (κ3) is 6.64. The third-order valence-electron chi connectivity index (χ3n) is 4.56. The number of halogens is 1. The van der Waals surface area contributed by atoms with Gasteiger partial charge in [-0.1, -0.05) is 42.1 Å². The molecule has 8 nitrogen and oxygen atoms in total. The van der Waals surface area contributed by atoms with Gasteiger partial charge < -0.3 is 8.92 Å². The van der Waals surface area contributed by atoms with Crippen LogP contribution in [0.4, 0.5) is 0 Å². The first-order chi connectivity index (χ1) is 17.4. The monoisotopic (exact) mass is 605 g/mol. The summed E-state index contributed by atoms with van der Waals surface area (Å²) in [5.41, 5.74) is 3.95. The summed E-state index contributed by atoms with van der Waals surface area (Å²) in [5.74, 6) is 0.114. The van der Waals surface area contributed by atoms with E-state index >= 15 is 0 Å². The number of nitrogens with zero attached hydrogens (tertiary/aromatic N) is 2. The molecular weight excluding hydrogens is 586 g/mol. The first-order valence-corrected chi connectivity index (χ1v) is 14.6. The molecule has 4 rings (SSSR count). The lowest BCUT2D eigenvalue weighted by Gasteiger charge is -2.14. The molecule has 0 saturated heterocycles. The number of benzene rings is 3. The van der Waals surface area contributed by atoms with E-state index in [2.05, 4.69) is 31.4 Å². The highest BCUT2D eigenvalue weighted by atomic mass is 79.9. The fraction of sp³-hybridized carbons (Fsp3) is 0.125. The number of para-hydroxylation sites is 1. The Kier molecular flexibility index (Phi) is 8.62. The second-order valence-corrected chi connectivity index (χ2v) is 11.8. The molecule has 0 aliphatic carbocycles. The molecule has 1 aromatic heterocycles. The lowest BCUT2D eigenvalue weighted by atomic mass is 10.2. The molecule has 1 heterocycles. The predicted octanol–water partition coefficient (Wildman–Crippen LogP) is 5.47. The molecule has 0 atom stereocenters. The van der Waals surface area contributed by atoms with Crippen LogP contribution >= 0.6 is 39.0 Å². The quantitative estimate of drug-likeness (QED) is 0.111. The molecule has 186 valence electrons. The van der Waals surface area contributed by atoms with Gasteiger partial charge in [-0.25, -0.2) is 10.4 Å². The maximum atomic E-state index is 12.7. The summed E-state index contributed by atoms with van der Waals surface area (Å²) in [7, 11) is -4.06. The van der Waals surface area contributed by atoms with Gasteiger partial charge in [-0.15, -0.1) is 11.3 Å². The van der Waals surface area contributed by atoms with E-state index in [4.69, 9.17) is 8.92 Å². The summed E-state index contributed by atoms with van der Waals surface area (Å²) in [5, 5.41) is 4.00. The number of thioether (sulfide) groups is 1. The molecule has 0 unspecified atom stereocenters. The smallest absolute Gasteiger partial charge is 0.339 e. The van der Waals surface area contributed by atoms with Crippen molar-refractivity contribution >= 4 is 71.5 Å². The van der Waals surface area contributed by atoms with Crippen LogP contribution in [0.15, 0.2) is 85.5 Å². The number of nitrogens with one attached hydrogen (secondary N) is 1. The number of hydrazone groups is 1. The number of ether oxygens (including phenoxy) is 1. The molecule has 0 radical (unpaired) electrons. The van der Waals surface area contributed by atoms with Crippen LogP contribution in [0.3, 0.4) is 0 Å². The van der Waals surface area contributed by atoms with Crippen LogP contribution in [0, 0.1) is 0 Å². The van der Waals surface area contributed by atoms with E-state index in [1.54, 1.807) is 37.3 Å². The maximum Gasteiger partial charge on any atom is 0.339 e. The number of rotatable bonds is 10. The largest absolute Gasteiger partial charge is 0.490 e. The maximum absolute atomic E-state index is 12.7. The fourth-order valence-electron chi connectivity index (χ4n) is 3.00. The van der Waals surface area contributed by atoms with Crippen LogP contribution in [0.2, 0.25) is 0 Å². The molecule has 1 N–H and O–H groups in total. The number of hydrogen-bond donors (Lipinski definition) is 1. The summed E-state index contributed by atoms with van der Waals surface area (Å²) in [6, 6.07) is 18.8. The predicted molar refractivity (Wildman–Crippen MR) is 146 cm³/mol. The Morgan fingerprint density at radius 3 is 2.67 bits per heavy atom. The third-order valence-corrected chi connectivity index (χ3v) is 8.56. The van der Waals surface area contributed by atoms with Crippen molar-refractivity contribution in [2.24, 2.45) is 5.10 Å². The lowest BCUT2D eigenvalue weighted by molar-refractivity contribution is -0.118. The number of amides is 1. The molecule has 3 aromatic carbocycles. The highest BCUT2D eigenvalue weighted by molar-refractivity contribution is 9.10. The van der Waals surface area contributed by atoms with Crippen LogP contribution in [0.1, 0.15) is 12.5 Å². The molecular formula is C24H20BrN3O5S3. The van der Waals surface area contributed by atoms with Crippen molar-refractivity contribution in [2.45, 2.75) is 16.2 Å². The van der Waals surface area contributed by atoms with Crippen LogP contribution in [-0.4, -0.2) is 37.9 Å². The Hall–Kier alpha value is -2.93. The number of aromatic nitrogens is 1. The van der Waals surface area contributed by atoms with Crippen molar-refractivity contribution < 1.29 is 22.1 Å². The van der Waals surface area contributed by atoms with E-state index < -0.39 is 10.1 Å². The van der Waals surface area contributed by atoms with E-state index in [0.717, 1.165) is 14.6 Å². The van der Waals surface area contributed by atoms with Gasteiger partial charge in [-0.05, 0) is 64.8 Å². The lowest BCUT2D eigenvalue weighted by Crippen LogP contribution is -2.19. The number of hydrogen-bond acceptors (Lipinski definition) is 9. The number of carbonyl (C=O) groups excluding carboxylic acids is 1. The SMILES string of the molecule is CCOc1cc(/C=N\NC(=O)CSc2nc3ccccc3s2)cc(Br)c1OS(=O)(=O)c1ccccc1. The van der Waals surface area contributed by atoms with Crippen LogP contribution < -0.4 is 14.3 Å². The average Bonchev–Trinajstić information content (AvgIpc) is 3.29. The van der Waals surface area contributed by atoms with Crippen molar-refractivity contribution in [3.8, 4) is 11.5 Å². The van der Waals surface area contributed by atoms with Crippen molar-refractivity contribution in [3.63, 3.8) is 0 Å². The molecule has 12 heteroatoms. The molecule has 4 aromatic rings. The Morgan fingerprint density at radius 2 is 1.92 bits per heavy atom. The van der Waals surface area contributed by atoms with E-state index in [-0.39, 0.29) is 34.7 Å². The topological polar surface area (TPSA) is 107 Å². The van der Waals surface area contributed by atoms with Gasteiger partial charge >= 0.3 is 10.1 Å². The normalized spacial score (nSPS) is 11.6. The number of thiazole rings is 1. The van der Waals surface area contributed by atoms with Gasteiger partial charge in [-0.3, -0.25) is 4.79 Å². The van der Waals surface area contributed by atoms with Crippen LogP contribution in [-0.2, 0) is 14.9 Å². The van der Waals surface area contributed by atoms with E-state index in [1.807, 2.05) is 24.3 Å². The van der Waals surface area contributed by atoms with Crippen molar-refractivity contribution in [1.29, 1.82) is 0 Å². The van der Waals surface area contributed by atoms with Gasteiger partial charge in [0.15, 0.2) is 15.8 Å². The first-order valence-electron chi connectivity index (χ1n) is 10.6. The van der Waals surface area contributed by atoms with E-state index in [1.165, 1.54) is 41.4 Å². The van der Waals surface area contributed by atoms with Gasteiger partial charge in [0.1, 0.15) is 4.90 Å². The van der Waals surface area contributed by atoms with Gasteiger partial charge in [0, 0.05) is 0 Å². The average molecular weight is 607 g/mol. The van der Waals surface area contributed by atoms with Gasteiger partial charge in [0.25, 0.3) is 5.91 Å². The number of fused-ring (bicyclic) bond motifs is 1. The zero-order valence-electron chi connectivity index (χ0n) is 18.9. The summed E-state index contributed by atoms with van der Waals surface area (Å²) in [6.45, 7) is 2.06. The highest BCUT2D eigenvalue weighted by Gasteiger charge is 2.22. The summed E-state index contributed by atoms with van der Waals surface area (Å²) in [4.78, 5) is 16.7. The van der Waals surface area contributed by atoms with Gasteiger partial charge in [0.2, 0.25) is 0 Å². The zero-order valence-corrected chi connectivity index (χ0v) is 22.9. The summed E-state index contributed by atoms with van der Waals surface area (Å²) in [6.07, 6.45) is 1.43. The van der Waals surface area contributed by atoms with E-state index in [0.29, 0.717) is 10.0 Å². The summed E-state index contributed by atoms with van der Waals surface area (Å²) >= 11 is 6.22. The van der Waals surface area contributed by atoms with Gasteiger partial charge in [-0.2, -0.15) is 13.5 Å². The Morgan fingerprint density at radius 1 is 1.17 bits per heavy atom. The van der Waals surface area contributed by atoms with E-state index in [9.17, 15) is 13.2 Å². The molecule has 0 bridgehead atoms. The first kappa shape index (κ1) is 26.1. The molecule has 0 aliphatic heterocycles. The van der Waals surface area contributed by atoms with Gasteiger partial charge in [0.05, 0.1) is 33.3 Å². The molecule has 0 saturated carbocycles. The minimum Gasteiger partial charge on any atom is -0.490 e. The molecule has 1 amide bonds. The summed E-state index contributed by atoms with van der Waals surface area (Å²) < 4.78 is 38.6.